The molecule has 0 bridgehead atoms. The first kappa shape index (κ1) is 16.7. The van der Waals surface area contributed by atoms with Gasteiger partial charge in [0.15, 0.2) is 0 Å². The number of nitrogens with zero attached hydrogens (tertiary/aromatic N) is 1. The highest BCUT2D eigenvalue weighted by Gasteiger charge is 2.20. The summed E-state index contributed by atoms with van der Waals surface area (Å²) in [7, 11) is 0. The Morgan fingerprint density at radius 3 is 2.35 bits per heavy atom. The van der Waals surface area contributed by atoms with E-state index in [1.54, 1.807) is 6.92 Å². The molecule has 120 valence electrons. The molecule has 0 aliphatic carbocycles. The van der Waals surface area contributed by atoms with Crippen LogP contribution in [0.25, 0.3) is 0 Å². The van der Waals surface area contributed by atoms with Crippen LogP contribution in [0.4, 0.5) is 11.4 Å². The van der Waals surface area contributed by atoms with Crippen molar-refractivity contribution in [2.75, 3.05) is 5.32 Å². The Bertz CT molecular complexity index is 761. The first-order chi connectivity index (χ1) is 10.7. The summed E-state index contributed by atoms with van der Waals surface area (Å²) in [6, 6.07) is 11.9. The zero-order chi connectivity index (χ0) is 17.2. The Balaban J connectivity index is 2.32. The first-order valence-electron chi connectivity index (χ1n) is 7.36. The Hall–Kier alpha value is -2.69. The second-order valence-corrected chi connectivity index (χ2v) is 6.51. The maximum atomic E-state index is 12.5. The number of hydrogen-bond acceptors (Lipinski definition) is 3. The topological polar surface area (TPSA) is 72.2 Å². The van der Waals surface area contributed by atoms with Crippen LogP contribution in [0.1, 0.15) is 42.3 Å². The van der Waals surface area contributed by atoms with Gasteiger partial charge in [0.1, 0.15) is 0 Å². The standard InChI is InChI=1S/C18H20N2O3/c1-12-11-13(20(22)23)9-10-14(12)17(21)19-16-8-6-5-7-15(16)18(2,3)4/h5-11H,1-4H3,(H,19,21). The Morgan fingerprint density at radius 1 is 1.13 bits per heavy atom. The lowest BCUT2D eigenvalue weighted by molar-refractivity contribution is -0.384. The zero-order valence-electron chi connectivity index (χ0n) is 13.7. The molecule has 0 unspecified atom stereocenters. The van der Waals surface area contributed by atoms with E-state index in [1.165, 1.54) is 18.2 Å². The summed E-state index contributed by atoms with van der Waals surface area (Å²) in [5.74, 6) is -0.269. The molecule has 0 atom stereocenters. The fraction of sp³-hybridized carbons (Fsp3) is 0.278. The SMILES string of the molecule is Cc1cc([N+](=O)[O-])ccc1C(=O)Nc1ccccc1C(C)(C)C. The smallest absolute Gasteiger partial charge is 0.269 e. The molecular weight excluding hydrogens is 292 g/mol. The van der Waals surface area contributed by atoms with Crippen LogP contribution >= 0.6 is 0 Å². The average molecular weight is 312 g/mol. The third-order valence-corrected chi connectivity index (χ3v) is 3.65. The molecule has 0 fully saturated rings. The third kappa shape index (κ3) is 3.74. The normalized spacial score (nSPS) is 11.1. The van der Waals surface area contributed by atoms with Crippen LogP contribution in [0, 0.1) is 17.0 Å². The Morgan fingerprint density at radius 2 is 1.78 bits per heavy atom. The summed E-state index contributed by atoms with van der Waals surface area (Å²) in [4.78, 5) is 22.8. The highest BCUT2D eigenvalue weighted by Crippen LogP contribution is 2.29. The van der Waals surface area contributed by atoms with Crippen LogP contribution in [-0.2, 0) is 5.41 Å². The largest absolute Gasteiger partial charge is 0.322 e. The first-order valence-corrected chi connectivity index (χ1v) is 7.36. The summed E-state index contributed by atoms with van der Waals surface area (Å²) < 4.78 is 0. The highest BCUT2D eigenvalue weighted by molar-refractivity contribution is 6.05. The van der Waals surface area contributed by atoms with Gasteiger partial charge >= 0.3 is 0 Å². The highest BCUT2D eigenvalue weighted by atomic mass is 16.6. The molecule has 5 nitrogen and oxygen atoms in total. The number of para-hydroxylation sites is 1. The number of rotatable bonds is 3. The van der Waals surface area contributed by atoms with Crippen molar-refractivity contribution in [3.63, 3.8) is 0 Å². The lowest BCUT2D eigenvalue weighted by Crippen LogP contribution is -2.19. The minimum Gasteiger partial charge on any atom is -0.322 e. The summed E-state index contributed by atoms with van der Waals surface area (Å²) >= 11 is 0. The number of benzene rings is 2. The maximum Gasteiger partial charge on any atom is 0.269 e. The number of hydrogen-bond donors (Lipinski definition) is 1. The second kappa shape index (κ2) is 6.20. The van der Waals surface area contributed by atoms with Crippen molar-refractivity contribution < 1.29 is 9.72 Å². The molecule has 2 aromatic rings. The molecule has 2 aromatic carbocycles. The zero-order valence-corrected chi connectivity index (χ0v) is 13.7. The number of amides is 1. The van der Waals surface area contributed by atoms with Gasteiger partial charge in [0.2, 0.25) is 0 Å². The van der Waals surface area contributed by atoms with E-state index in [4.69, 9.17) is 0 Å². The van der Waals surface area contributed by atoms with Crippen molar-refractivity contribution >= 4 is 17.3 Å². The van der Waals surface area contributed by atoms with Gasteiger partial charge in [-0.2, -0.15) is 0 Å². The van der Waals surface area contributed by atoms with E-state index >= 15 is 0 Å². The van der Waals surface area contributed by atoms with Gasteiger partial charge in [0, 0.05) is 23.4 Å². The van der Waals surface area contributed by atoms with Gasteiger partial charge in [-0.25, -0.2) is 0 Å². The van der Waals surface area contributed by atoms with E-state index < -0.39 is 4.92 Å². The second-order valence-electron chi connectivity index (χ2n) is 6.51. The van der Waals surface area contributed by atoms with Crippen LogP contribution in [0.2, 0.25) is 0 Å². The van der Waals surface area contributed by atoms with Crippen molar-refractivity contribution in [2.45, 2.75) is 33.1 Å². The predicted octanol–water partition coefficient (Wildman–Crippen LogP) is 4.45. The van der Waals surface area contributed by atoms with E-state index in [0.717, 1.165) is 11.3 Å². The molecule has 1 amide bonds. The minimum atomic E-state index is -0.469. The molecule has 0 aliphatic rings. The number of non-ortho nitro benzene ring substituents is 1. The van der Waals surface area contributed by atoms with Crippen LogP contribution in [-0.4, -0.2) is 10.8 Å². The van der Waals surface area contributed by atoms with Crippen LogP contribution in [0.3, 0.4) is 0 Å². The fourth-order valence-electron chi connectivity index (χ4n) is 2.45. The van der Waals surface area contributed by atoms with Gasteiger partial charge in [0.25, 0.3) is 11.6 Å². The van der Waals surface area contributed by atoms with Gasteiger partial charge in [-0.05, 0) is 35.6 Å². The summed E-state index contributed by atoms with van der Waals surface area (Å²) in [6.45, 7) is 7.93. The summed E-state index contributed by atoms with van der Waals surface area (Å²) in [5, 5.41) is 13.7. The molecule has 23 heavy (non-hydrogen) atoms. The molecule has 0 aromatic heterocycles. The summed E-state index contributed by atoms with van der Waals surface area (Å²) in [6.07, 6.45) is 0. The van der Waals surface area contributed by atoms with E-state index in [0.29, 0.717) is 11.1 Å². The maximum absolute atomic E-state index is 12.5. The van der Waals surface area contributed by atoms with Crippen molar-refractivity contribution in [3.8, 4) is 0 Å². The number of nitro groups is 1. The van der Waals surface area contributed by atoms with E-state index in [2.05, 4.69) is 26.1 Å². The molecule has 0 saturated heterocycles. The molecule has 0 aliphatic heterocycles. The summed E-state index contributed by atoms with van der Waals surface area (Å²) in [5.41, 5.74) is 2.67. The fourth-order valence-corrected chi connectivity index (χ4v) is 2.45. The monoisotopic (exact) mass is 312 g/mol. The Kier molecular flexibility index (Phi) is 4.50. The van der Waals surface area contributed by atoms with Gasteiger partial charge in [-0.1, -0.05) is 39.0 Å². The molecule has 0 radical (unpaired) electrons. The van der Waals surface area contributed by atoms with Gasteiger partial charge in [-0.15, -0.1) is 0 Å². The molecule has 1 N–H and O–H groups in total. The lowest BCUT2D eigenvalue weighted by atomic mass is 9.86. The number of aryl methyl sites for hydroxylation is 1. The van der Waals surface area contributed by atoms with E-state index in [1.807, 2.05) is 24.3 Å². The van der Waals surface area contributed by atoms with Crippen molar-refractivity contribution in [1.82, 2.24) is 0 Å². The molecule has 0 saturated carbocycles. The van der Waals surface area contributed by atoms with E-state index in [-0.39, 0.29) is 17.0 Å². The van der Waals surface area contributed by atoms with Gasteiger partial charge in [0.05, 0.1) is 4.92 Å². The number of carbonyl (C=O) groups excluding carboxylic acids is 1. The van der Waals surface area contributed by atoms with Gasteiger partial charge in [-0.3, -0.25) is 14.9 Å². The van der Waals surface area contributed by atoms with Crippen molar-refractivity contribution in [3.05, 3.63) is 69.3 Å². The Labute approximate surface area is 135 Å². The third-order valence-electron chi connectivity index (χ3n) is 3.65. The molecule has 5 heteroatoms. The van der Waals surface area contributed by atoms with Crippen LogP contribution in [0.15, 0.2) is 42.5 Å². The molecule has 2 rings (SSSR count). The quantitative estimate of drug-likeness (QED) is 0.672. The molecule has 0 heterocycles. The minimum absolute atomic E-state index is 0.0193. The number of carbonyl (C=O) groups is 1. The van der Waals surface area contributed by atoms with Crippen LogP contribution in [0.5, 0.6) is 0 Å². The van der Waals surface area contributed by atoms with Crippen LogP contribution < -0.4 is 5.32 Å². The van der Waals surface area contributed by atoms with E-state index in [9.17, 15) is 14.9 Å². The average Bonchev–Trinajstić information content (AvgIpc) is 2.46. The lowest BCUT2D eigenvalue weighted by Gasteiger charge is -2.23. The number of anilines is 1. The number of nitro benzene ring substituents is 1. The predicted molar refractivity (Wildman–Crippen MR) is 90.9 cm³/mol. The molecular formula is C18H20N2O3. The van der Waals surface area contributed by atoms with Crippen molar-refractivity contribution in [1.29, 1.82) is 0 Å². The number of nitrogens with one attached hydrogen (secondary N) is 1. The van der Waals surface area contributed by atoms with Crippen molar-refractivity contribution in [2.24, 2.45) is 0 Å². The van der Waals surface area contributed by atoms with Gasteiger partial charge < -0.3 is 5.32 Å². The molecule has 0 spiro atoms.